The molecule has 16 heavy (non-hydrogen) atoms. The van der Waals surface area contributed by atoms with Gasteiger partial charge in [0.15, 0.2) is 0 Å². The van der Waals surface area contributed by atoms with Crippen LogP contribution in [0.25, 0.3) is 0 Å². The van der Waals surface area contributed by atoms with Gasteiger partial charge in [-0.25, -0.2) is 4.98 Å². The molecular formula is C12H19ClN2S. The fourth-order valence-electron chi connectivity index (χ4n) is 2.41. The Morgan fingerprint density at radius 1 is 1.50 bits per heavy atom. The molecule has 0 spiro atoms. The van der Waals surface area contributed by atoms with E-state index in [2.05, 4.69) is 22.3 Å². The summed E-state index contributed by atoms with van der Waals surface area (Å²) >= 11 is 7.47. The minimum absolute atomic E-state index is 0.531. The molecule has 1 heterocycles. The van der Waals surface area contributed by atoms with E-state index in [1.165, 1.54) is 37.2 Å². The summed E-state index contributed by atoms with van der Waals surface area (Å²) in [6, 6.07) is 0. The monoisotopic (exact) mass is 258 g/mol. The molecule has 1 aromatic rings. The quantitative estimate of drug-likeness (QED) is 0.752. The van der Waals surface area contributed by atoms with Gasteiger partial charge in [0, 0.05) is 11.9 Å². The van der Waals surface area contributed by atoms with E-state index in [0.29, 0.717) is 5.88 Å². The largest absolute Gasteiger partial charge is 0.299 e. The van der Waals surface area contributed by atoms with E-state index in [1.807, 2.05) is 0 Å². The van der Waals surface area contributed by atoms with E-state index in [9.17, 15) is 0 Å². The molecule has 0 amide bonds. The molecule has 0 aromatic carbocycles. The molecule has 1 aliphatic rings. The molecule has 1 fully saturated rings. The number of rotatable bonds is 5. The average Bonchev–Trinajstić information content (AvgIpc) is 2.89. The third-order valence-electron chi connectivity index (χ3n) is 3.19. The van der Waals surface area contributed by atoms with Crippen molar-refractivity contribution in [2.45, 2.75) is 38.1 Å². The Balaban J connectivity index is 1.79. The molecule has 2 rings (SSSR count). The van der Waals surface area contributed by atoms with Crippen molar-refractivity contribution in [3.8, 4) is 0 Å². The van der Waals surface area contributed by atoms with Crippen LogP contribution >= 0.6 is 22.9 Å². The van der Waals surface area contributed by atoms with Gasteiger partial charge in [0.25, 0.3) is 0 Å². The molecule has 2 nitrogen and oxygen atoms in total. The molecule has 0 saturated heterocycles. The van der Waals surface area contributed by atoms with Gasteiger partial charge in [-0.05, 0) is 25.8 Å². The molecular weight excluding hydrogens is 240 g/mol. The zero-order valence-corrected chi connectivity index (χ0v) is 11.4. The van der Waals surface area contributed by atoms with E-state index in [0.717, 1.165) is 18.2 Å². The Hall–Kier alpha value is -0.120. The van der Waals surface area contributed by atoms with E-state index in [1.54, 1.807) is 11.3 Å². The second kappa shape index (κ2) is 5.99. The van der Waals surface area contributed by atoms with Gasteiger partial charge in [0.2, 0.25) is 0 Å². The Morgan fingerprint density at radius 3 is 2.88 bits per heavy atom. The normalized spacial score (nSPS) is 17.4. The predicted octanol–water partition coefficient (Wildman–Crippen LogP) is 3.50. The van der Waals surface area contributed by atoms with Gasteiger partial charge in [-0.2, -0.15) is 0 Å². The highest BCUT2D eigenvalue weighted by Crippen LogP contribution is 2.25. The third-order valence-corrected chi connectivity index (χ3v) is 4.34. The summed E-state index contributed by atoms with van der Waals surface area (Å²) < 4.78 is 0. The average molecular weight is 259 g/mol. The van der Waals surface area contributed by atoms with E-state index in [4.69, 9.17) is 11.6 Å². The molecule has 0 unspecified atom stereocenters. The fraction of sp³-hybridized carbons (Fsp3) is 0.750. The van der Waals surface area contributed by atoms with Crippen LogP contribution in [-0.2, 0) is 12.4 Å². The van der Waals surface area contributed by atoms with Crippen LogP contribution in [0.1, 0.15) is 36.4 Å². The summed E-state index contributed by atoms with van der Waals surface area (Å²) in [5.41, 5.74) is 1.01. The standard InChI is InChI=1S/C12H19ClN2S/c1-15(7-10-4-2-3-5-10)8-12-14-11(6-13)9-16-12/h9-10H,2-8H2,1H3. The minimum Gasteiger partial charge on any atom is -0.299 e. The zero-order valence-electron chi connectivity index (χ0n) is 9.79. The molecule has 0 N–H and O–H groups in total. The lowest BCUT2D eigenvalue weighted by Gasteiger charge is -2.19. The van der Waals surface area contributed by atoms with Crippen molar-refractivity contribution in [1.82, 2.24) is 9.88 Å². The lowest BCUT2D eigenvalue weighted by molar-refractivity contribution is 0.271. The molecule has 1 saturated carbocycles. The highest BCUT2D eigenvalue weighted by molar-refractivity contribution is 7.09. The van der Waals surface area contributed by atoms with Crippen LogP contribution in [0.4, 0.5) is 0 Å². The van der Waals surface area contributed by atoms with Crippen LogP contribution in [0.2, 0.25) is 0 Å². The summed E-state index contributed by atoms with van der Waals surface area (Å²) in [4.78, 5) is 6.88. The number of halogens is 1. The number of nitrogens with zero attached hydrogens (tertiary/aromatic N) is 2. The minimum atomic E-state index is 0.531. The van der Waals surface area contributed by atoms with Gasteiger partial charge in [-0.1, -0.05) is 12.8 Å². The first-order valence-corrected chi connectivity index (χ1v) is 7.37. The Kier molecular flexibility index (Phi) is 4.62. The Morgan fingerprint density at radius 2 is 2.25 bits per heavy atom. The first-order chi connectivity index (χ1) is 7.78. The fourth-order valence-corrected chi connectivity index (χ4v) is 3.51. The smallest absolute Gasteiger partial charge is 0.107 e. The third kappa shape index (κ3) is 3.44. The Bertz CT molecular complexity index is 321. The molecule has 0 bridgehead atoms. The molecule has 0 aliphatic heterocycles. The lowest BCUT2D eigenvalue weighted by atomic mass is 10.1. The van der Waals surface area contributed by atoms with Crippen molar-refractivity contribution in [1.29, 1.82) is 0 Å². The van der Waals surface area contributed by atoms with E-state index >= 15 is 0 Å². The van der Waals surface area contributed by atoms with Gasteiger partial charge < -0.3 is 0 Å². The highest BCUT2D eigenvalue weighted by atomic mass is 35.5. The topological polar surface area (TPSA) is 16.1 Å². The number of hydrogen-bond acceptors (Lipinski definition) is 3. The summed E-state index contributed by atoms with van der Waals surface area (Å²) in [7, 11) is 2.19. The van der Waals surface area contributed by atoms with Crippen LogP contribution in [0.15, 0.2) is 5.38 Å². The van der Waals surface area contributed by atoms with Crippen LogP contribution in [0, 0.1) is 5.92 Å². The molecule has 1 aromatic heterocycles. The van der Waals surface area contributed by atoms with Crippen LogP contribution in [-0.4, -0.2) is 23.5 Å². The van der Waals surface area contributed by atoms with Crippen molar-refractivity contribution in [2.75, 3.05) is 13.6 Å². The zero-order chi connectivity index (χ0) is 11.4. The van der Waals surface area contributed by atoms with Gasteiger partial charge in [-0.3, -0.25) is 4.90 Å². The van der Waals surface area contributed by atoms with Crippen LogP contribution < -0.4 is 0 Å². The summed E-state index contributed by atoms with van der Waals surface area (Å²) in [5.74, 6) is 1.44. The molecule has 90 valence electrons. The number of thiazole rings is 1. The lowest BCUT2D eigenvalue weighted by Crippen LogP contribution is -2.24. The van der Waals surface area contributed by atoms with Crippen molar-refractivity contribution in [3.63, 3.8) is 0 Å². The first-order valence-electron chi connectivity index (χ1n) is 5.95. The predicted molar refractivity (Wildman–Crippen MR) is 70.0 cm³/mol. The summed E-state index contributed by atoms with van der Waals surface area (Å²) in [5, 5.41) is 3.25. The van der Waals surface area contributed by atoms with Gasteiger partial charge in [-0.15, -0.1) is 22.9 Å². The highest BCUT2D eigenvalue weighted by Gasteiger charge is 2.17. The van der Waals surface area contributed by atoms with Gasteiger partial charge in [0.1, 0.15) is 5.01 Å². The van der Waals surface area contributed by atoms with E-state index in [-0.39, 0.29) is 0 Å². The van der Waals surface area contributed by atoms with Crippen LogP contribution in [0.5, 0.6) is 0 Å². The van der Waals surface area contributed by atoms with Crippen molar-refractivity contribution < 1.29 is 0 Å². The van der Waals surface area contributed by atoms with Crippen molar-refractivity contribution in [2.24, 2.45) is 5.92 Å². The Labute approximate surface area is 107 Å². The van der Waals surface area contributed by atoms with Gasteiger partial charge >= 0.3 is 0 Å². The number of hydrogen-bond donors (Lipinski definition) is 0. The van der Waals surface area contributed by atoms with Crippen molar-refractivity contribution in [3.05, 3.63) is 16.1 Å². The summed E-state index contributed by atoms with van der Waals surface area (Å²) in [6.07, 6.45) is 5.67. The maximum absolute atomic E-state index is 5.74. The SMILES string of the molecule is CN(Cc1nc(CCl)cs1)CC1CCCC1. The maximum Gasteiger partial charge on any atom is 0.107 e. The van der Waals surface area contributed by atoms with Crippen molar-refractivity contribution >= 4 is 22.9 Å². The molecule has 0 atom stereocenters. The van der Waals surface area contributed by atoms with Crippen LogP contribution in [0.3, 0.4) is 0 Å². The van der Waals surface area contributed by atoms with Gasteiger partial charge in [0.05, 0.1) is 18.1 Å². The first kappa shape index (κ1) is 12.3. The number of aromatic nitrogens is 1. The molecule has 0 radical (unpaired) electrons. The maximum atomic E-state index is 5.74. The second-order valence-corrected chi connectivity index (χ2v) is 5.92. The second-order valence-electron chi connectivity index (χ2n) is 4.71. The number of alkyl halides is 1. The summed E-state index contributed by atoms with van der Waals surface area (Å²) in [6.45, 7) is 2.19. The molecule has 4 heteroatoms. The molecule has 1 aliphatic carbocycles. The van der Waals surface area contributed by atoms with E-state index < -0.39 is 0 Å².